The van der Waals surface area contributed by atoms with Crippen LogP contribution < -0.4 is 0 Å². The van der Waals surface area contributed by atoms with Crippen molar-refractivity contribution in [2.45, 2.75) is 50.2 Å². The minimum Gasteiger partial charge on any atom is -0.365 e. The summed E-state index contributed by atoms with van der Waals surface area (Å²) in [4.78, 5) is 0. The molecule has 0 amide bonds. The van der Waals surface area contributed by atoms with E-state index >= 15 is 0 Å². The molecule has 0 radical (unpaired) electrons. The Morgan fingerprint density at radius 2 is 1.95 bits per heavy atom. The van der Waals surface area contributed by atoms with Gasteiger partial charge in [-0.3, -0.25) is 0 Å². The topological polar surface area (TPSA) is 9.23 Å². The van der Waals surface area contributed by atoms with Gasteiger partial charge in [0.1, 0.15) is 0 Å². The number of fused-ring (bicyclic) bond motifs is 2. The van der Waals surface area contributed by atoms with Gasteiger partial charge in [-0.2, -0.15) is 0 Å². The van der Waals surface area contributed by atoms with Crippen LogP contribution >= 0.6 is 0 Å². The third-order valence-electron chi connectivity index (χ3n) is 4.82. The molecule has 2 aliphatic carbocycles. The van der Waals surface area contributed by atoms with Gasteiger partial charge in [0.25, 0.3) is 0 Å². The highest BCUT2D eigenvalue weighted by Gasteiger charge is 2.40. The van der Waals surface area contributed by atoms with Gasteiger partial charge in [-0.25, -0.2) is 0 Å². The van der Waals surface area contributed by atoms with Crippen LogP contribution in [0.3, 0.4) is 0 Å². The first-order valence-corrected chi connectivity index (χ1v) is 7.53. The standard InChI is InChI=1S/C18H20O/c1-2-7-13(8-3-1)14-10-6-11-16-15-9-4-5-12-17(15)19-18(14)16/h1-4,7-9,14,17-18H,5-6,10-12H2. The van der Waals surface area contributed by atoms with Gasteiger partial charge < -0.3 is 4.74 Å². The van der Waals surface area contributed by atoms with Crippen LogP contribution in [0.2, 0.25) is 0 Å². The fourth-order valence-electron chi connectivity index (χ4n) is 3.93. The molecule has 1 aromatic rings. The minimum atomic E-state index is 0.346. The van der Waals surface area contributed by atoms with E-state index in [9.17, 15) is 0 Å². The second-order valence-electron chi connectivity index (χ2n) is 5.92. The summed E-state index contributed by atoms with van der Waals surface area (Å²) in [6, 6.07) is 10.9. The normalized spacial score (nSPS) is 33.2. The fraction of sp³-hybridized carbons (Fsp3) is 0.444. The van der Waals surface area contributed by atoms with Crippen molar-refractivity contribution < 1.29 is 4.74 Å². The Balaban J connectivity index is 1.70. The molecule has 1 heterocycles. The molecule has 1 aliphatic heterocycles. The summed E-state index contributed by atoms with van der Waals surface area (Å²) in [5.41, 5.74) is 4.56. The van der Waals surface area contributed by atoms with Crippen LogP contribution in [0.5, 0.6) is 0 Å². The zero-order valence-electron chi connectivity index (χ0n) is 11.2. The van der Waals surface area contributed by atoms with Crippen molar-refractivity contribution in [1.82, 2.24) is 0 Å². The molecule has 0 N–H and O–H groups in total. The Hall–Kier alpha value is -1.34. The van der Waals surface area contributed by atoms with Crippen LogP contribution in [0, 0.1) is 0 Å². The Morgan fingerprint density at radius 1 is 1.05 bits per heavy atom. The van der Waals surface area contributed by atoms with E-state index in [2.05, 4.69) is 42.5 Å². The van der Waals surface area contributed by atoms with E-state index in [4.69, 9.17) is 4.74 Å². The summed E-state index contributed by atoms with van der Waals surface area (Å²) in [5, 5.41) is 0. The molecule has 19 heavy (non-hydrogen) atoms. The summed E-state index contributed by atoms with van der Waals surface area (Å²) in [7, 11) is 0. The lowest BCUT2D eigenvalue weighted by molar-refractivity contribution is 0.0247. The molecule has 98 valence electrons. The zero-order valence-corrected chi connectivity index (χ0v) is 11.2. The van der Waals surface area contributed by atoms with E-state index in [1.165, 1.54) is 43.2 Å². The fourth-order valence-corrected chi connectivity index (χ4v) is 3.93. The molecule has 0 aromatic heterocycles. The van der Waals surface area contributed by atoms with Gasteiger partial charge in [0.05, 0.1) is 12.2 Å². The van der Waals surface area contributed by atoms with E-state index in [0.717, 1.165) is 0 Å². The molecule has 1 aromatic carbocycles. The summed E-state index contributed by atoms with van der Waals surface area (Å²) in [5.74, 6) is 0.566. The van der Waals surface area contributed by atoms with Gasteiger partial charge in [0, 0.05) is 5.92 Å². The van der Waals surface area contributed by atoms with Crippen molar-refractivity contribution in [3.05, 3.63) is 59.2 Å². The minimum absolute atomic E-state index is 0.346. The molecule has 0 saturated heterocycles. The summed E-state index contributed by atoms with van der Waals surface area (Å²) >= 11 is 0. The van der Waals surface area contributed by atoms with Gasteiger partial charge in [-0.05, 0) is 48.8 Å². The van der Waals surface area contributed by atoms with Gasteiger partial charge in [0.15, 0.2) is 0 Å². The quantitative estimate of drug-likeness (QED) is 0.721. The number of hydrogen-bond donors (Lipinski definition) is 0. The van der Waals surface area contributed by atoms with Gasteiger partial charge in [0.2, 0.25) is 0 Å². The van der Waals surface area contributed by atoms with E-state index in [1.54, 1.807) is 5.57 Å². The second-order valence-corrected chi connectivity index (χ2v) is 5.92. The smallest absolute Gasteiger partial charge is 0.0868 e. The summed E-state index contributed by atoms with van der Waals surface area (Å²) in [6.45, 7) is 0. The number of allylic oxidation sites excluding steroid dienone is 1. The van der Waals surface area contributed by atoms with Gasteiger partial charge >= 0.3 is 0 Å². The SMILES string of the molecule is C1=CC2=C3CCCC(c4ccccc4)C3OC2CC1. The highest BCUT2D eigenvalue weighted by molar-refractivity contribution is 5.41. The number of rotatable bonds is 1. The molecule has 1 heteroatoms. The van der Waals surface area contributed by atoms with Crippen molar-refractivity contribution in [1.29, 1.82) is 0 Å². The molecule has 4 rings (SSSR count). The Labute approximate surface area is 115 Å². The molecule has 3 atom stereocenters. The molecule has 1 nitrogen and oxygen atoms in total. The summed E-state index contributed by atoms with van der Waals surface area (Å²) in [6.07, 6.45) is 11.5. The highest BCUT2D eigenvalue weighted by atomic mass is 16.5. The molecule has 3 unspecified atom stereocenters. The number of benzene rings is 1. The van der Waals surface area contributed by atoms with Gasteiger partial charge in [-0.15, -0.1) is 0 Å². The first-order valence-electron chi connectivity index (χ1n) is 7.53. The third kappa shape index (κ3) is 1.88. The average molecular weight is 252 g/mol. The van der Waals surface area contributed by atoms with E-state index in [1.807, 2.05) is 0 Å². The van der Waals surface area contributed by atoms with Crippen LogP contribution in [0.4, 0.5) is 0 Å². The number of ether oxygens (including phenoxy) is 1. The maximum absolute atomic E-state index is 6.41. The molecule has 1 saturated carbocycles. The lowest BCUT2D eigenvalue weighted by Crippen LogP contribution is -2.26. The van der Waals surface area contributed by atoms with Crippen LogP contribution in [0.25, 0.3) is 0 Å². The van der Waals surface area contributed by atoms with E-state index < -0.39 is 0 Å². The van der Waals surface area contributed by atoms with E-state index in [-0.39, 0.29) is 0 Å². The monoisotopic (exact) mass is 252 g/mol. The Morgan fingerprint density at radius 3 is 2.84 bits per heavy atom. The maximum atomic E-state index is 6.41. The first-order chi connectivity index (χ1) is 9.43. The molecule has 0 spiro atoms. The predicted octanol–water partition coefficient (Wildman–Crippen LogP) is 4.37. The highest BCUT2D eigenvalue weighted by Crippen LogP contribution is 2.46. The van der Waals surface area contributed by atoms with Crippen molar-refractivity contribution in [2.24, 2.45) is 0 Å². The summed E-state index contributed by atoms with van der Waals surface area (Å²) < 4.78 is 6.41. The van der Waals surface area contributed by atoms with Crippen molar-refractivity contribution >= 4 is 0 Å². The predicted molar refractivity (Wildman–Crippen MR) is 77.1 cm³/mol. The van der Waals surface area contributed by atoms with Crippen molar-refractivity contribution in [2.75, 3.05) is 0 Å². The second kappa shape index (κ2) is 4.64. The maximum Gasteiger partial charge on any atom is 0.0868 e. The van der Waals surface area contributed by atoms with Crippen LogP contribution in [-0.2, 0) is 4.74 Å². The van der Waals surface area contributed by atoms with Crippen LogP contribution in [0.1, 0.15) is 43.6 Å². The molecular weight excluding hydrogens is 232 g/mol. The largest absolute Gasteiger partial charge is 0.365 e. The third-order valence-corrected chi connectivity index (χ3v) is 4.82. The molecule has 3 aliphatic rings. The Kier molecular flexibility index (Phi) is 2.81. The lowest BCUT2D eigenvalue weighted by Gasteiger charge is -2.31. The van der Waals surface area contributed by atoms with Crippen LogP contribution in [0.15, 0.2) is 53.6 Å². The van der Waals surface area contributed by atoms with E-state index in [0.29, 0.717) is 18.1 Å². The van der Waals surface area contributed by atoms with Crippen LogP contribution in [-0.4, -0.2) is 12.2 Å². The number of hydrogen-bond acceptors (Lipinski definition) is 1. The molecule has 1 fully saturated rings. The average Bonchev–Trinajstić information content (AvgIpc) is 2.87. The van der Waals surface area contributed by atoms with Crippen molar-refractivity contribution in [3.63, 3.8) is 0 Å². The lowest BCUT2D eigenvalue weighted by atomic mass is 9.77. The molecular formula is C18H20O. The van der Waals surface area contributed by atoms with Crippen molar-refractivity contribution in [3.8, 4) is 0 Å². The zero-order chi connectivity index (χ0) is 12.7. The molecule has 0 bridgehead atoms. The first kappa shape index (κ1) is 11.5. The van der Waals surface area contributed by atoms with Gasteiger partial charge in [-0.1, -0.05) is 42.5 Å². The Bertz CT molecular complexity index is 526.